The number of ether oxygens (including phenoxy) is 1. The van der Waals surface area contributed by atoms with E-state index in [9.17, 15) is 14.4 Å². The van der Waals surface area contributed by atoms with E-state index in [0.717, 1.165) is 5.39 Å². The van der Waals surface area contributed by atoms with Gasteiger partial charge < -0.3 is 10.1 Å². The van der Waals surface area contributed by atoms with Gasteiger partial charge in [-0.05, 0) is 31.2 Å². The molecule has 1 heterocycles. The minimum absolute atomic E-state index is 0.129. The standard InChI is InChI=1S/C21H18N2O4/c1-2-27-21(26)16-8-4-6-10-18(16)23-20(25)12-15-11-14-7-3-5-9-17(14)22-13-19(15)24/h3-11,13H,2,12H2,1H3,(H,23,25). The minimum atomic E-state index is -0.515. The van der Waals surface area contributed by atoms with Gasteiger partial charge in [-0.25, -0.2) is 4.79 Å². The molecule has 2 aromatic carbocycles. The van der Waals surface area contributed by atoms with Crippen LogP contribution in [0.4, 0.5) is 5.69 Å². The van der Waals surface area contributed by atoms with E-state index in [-0.39, 0.29) is 24.0 Å². The van der Waals surface area contributed by atoms with Crippen molar-refractivity contribution in [3.8, 4) is 0 Å². The number of amides is 1. The topological polar surface area (TPSA) is 85.4 Å². The molecular formula is C21H18N2O4. The van der Waals surface area contributed by atoms with Crippen LogP contribution in [0, 0.1) is 0 Å². The predicted octanol–water partition coefficient (Wildman–Crippen LogP) is 2.95. The molecule has 0 atom stereocenters. The molecule has 1 aromatic heterocycles. The van der Waals surface area contributed by atoms with Gasteiger partial charge in [0, 0.05) is 10.9 Å². The van der Waals surface area contributed by atoms with Gasteiger partial charge in [0.2, 0.25) is 11.3 Å². The van der Waals surface area contributed by atoms with Crippen molar-refractivity contribution in [2.45, 2.75) is 13.3 Å². The second-order valence-electron chi connectivity index (χ2n) is 5.84. The van der Waals surface area contributed by atoms with Gasteiger partial charge in [-0.2, -0.15) is 0 Å². The van der Waals surface area contributed by atoms with Crippen LogP contribution < -0.4 is 10.7 Å². The Morgan fingerprint density at radius 1 is 1.07 bits per heavy atom. The third-order valence-electron chi connectivity index (χ3n) is 3.95. The van der Waals surface area contributed by atoms with Crippen LogP contribution in [0.25, 0.3) is 10.9 Å². The molecule has 27 heavy (non-hydrogen) atoms. The number of aromatic nitrogens is 1. The quantitative estimate of drug-likeness (QED) is 0.705. The van der Waals surface area contributed by atoms with E-state index in [1.807, 2.05) is 18.2 Å². The van der Waals surface area contributed by atoms with E-state index in [2.05, 4.69) is 10.3 Å². The normalized spacial score (nSPS) is 10.4. The second kappa shape index (κ2) is 8.23. The fourth-order valence-electron chi connectivity index (χ4n) is 2.68. The molecule has 6 nitrogen and oxygen atoms in total. The smallest absolute Gasteiger partial charge is 0.340 e. The lowest BCUT2D eigenvalue weighted by atomic mass is 10.1. The summed E-state index contributed by atoms with van der Waals surface area (Å²) in [5.41, 5.74) is 1.29. The maximum Gasteiger partial charge on any atom is 0.340 e. The summed E-state index contributed by atoms with van der Waals surface area (Å²) < 4.78 is 5.00. The Morgan fingerprint density at radius 3 is 2.63 bits per heavy atom. The van der Waals surface area contributed by atoms with Crippen molar-refractivity contribution in [2.75, 3.05) is 11.9 Å². The van der Waals surface area contributed by atoms with Crippen molar-refractivity contribution < 1.29 is 14.3 Å². The second-order valence-corrected chi connectivity index (χ2v) is 5.84. The van der Waals surface area contributed by atoms with Gasteiger partial charge in [-0.15, -0.1) is 0 Å². The molecule has 1 N–H and O–H groups in total. The van der Waals surface area contributed by atoms with Crippen molar-refractivity contribution in [1.29, 1.82) is 0 Å². The number of nitrogens with zero attached hydrogens (tertiary/aromatic N) is 1. The Balaban J connectivity index is 1.85. The summed E-state index contributed by atoms with van der Waals surface area (Å²) in [4.78, 5) is 40.9. The number of esters is 1. The van der Waals surface area contributed by atoms with Gasteiger partial charge in [0.05, 0.1) is 36.0 Å². The van der Waals surface area contributed by atoms with Crippen molar-refractivity contribution in [3.05, 3.63) is 82.1 Å². The van der Waals surface area contributed by atoms with Crippen LogP contribution in [0.5, 0.6) is 0 Å². The molecule has 1 amide bonds. The van der Waals surface area contributed by atoms with E-state index in [4.69, 9.17) is 4.74 Å². The highest BCUT2D eigenvalue weighted by molar-refractivity contribution is 6.01. The Morgan fingerprint density at radius 2 is 1.81 bits per heavy atom. The van der Waals surface area contributed by atoms with Crippen molar-refractivity contribution >= 4 is 28.5 Å². The van der Waals surface area contributed by atoms with Gasteiger partial charge in [0.15, 0.2) is 0 Å². The SMILES string of the molecule is CCOC(=O)c1ccccc1NC(=O)Cc1cc2ccccc2ncc1=O. The van der Waals surface area contributed by atoms with Crippen molar-refractivity contribution in [3.63, 3.8) is 0 Å². The predicted molar refractivity (Wildman–Crippen MR) is 103 cm³/mol. The zero-order valence-electron chi connectivity index (χ0n) is 14.8. The lowest BCUT2D eigenvalue weighted by Crippen LogP contribution is -2.20. The first-order chi connectivity index (χ1) is 13.1. The molecule has 0 aliphatic heterocycles. The third kappa shape index (κ3) is 4.36. The molecule has 0 bridgehead atoms. The Labute approximate surface area is 155 Å². The highest BCUT2D eigenvalue weighted by atomic mass is 16.5. The molecule has 0 unspecified atom stereocenters. The highest BCUT2D eigenvalue weighted by Gasteiger charge is 2.15. The number of anilines is 1. The summed E-state index contributed by atoms with van der Waals surface area (Å²) >= 11 is 0. The number of carbonyl (C=O) groups is 2. The van der Waals surface area contributed by atoms with Gasteiger partial charge in [-0.1, -0.05) is 30.3 Å². The van der Waals surface area contributed by atoms with Gasteiger partial charge >= 0.3 is 5.97 Å². The molecule has 0 saturated heterocycles. The van der Waals surface area contributed by atoms with Crippen molar-refractivity contribution in [2.24, 2.45) is 0 Å². The van der Waals surface area contributed by atoms with E-state index >= 15 is 0 Å². The first kappa shape index (κ1) is 18.3. The van der Waals surface area contributed by atoms with E-state index in [1.54, 1.807) is 43.3 Å². The van der Waals surface area contributed by atoms with Crippen LogP contribution in [0.2, 0.25) is 0 Å². The molecule has 0 fully saturated rings. The lowest BCUT2D eigenvalue weighted by molar-refractivity contribution is -0.115. The summed E-state index contributed by atoms with van der Waals surface area (Å²) in [6, 6.07) is 15.6. The van der Waals surface area contributed by atoms with E-state index in [1.165, 1.54) is 6.20 Å². The number of hydrogen-bond donors (Lipinski definition) is 1. The number of carbonyl (C=O) groups excluding carboxylic acids is 2. The number of benzene rings is 2. The molecule has 0 aliphatic carbocycles. The van der Waals surface area contributed by atoms with Gasteiger partial charge in [-0.3, -0.25) is 14.6 Å². The zero-order valence-corrected chi connectivity index (χ0v) is 14.8. The van der Waals surface area contributed by atoms with Gasteiger partial charge in [0.25, 0.3) is 0 Å². The van der Waals surface area contributed by atoms with Gasteiger partial charge in [0.1, 0.15) is 0 Å². The fourth-order valence-corrected chi connectivity index (χ4v) is 2.68. The molecule has 0 aliphatic rings. The molecule has 0 saturated carbocycles. The first-order valence-electron chi connectivity index (χ1n) is 8.52. The number of hydrogen-bond acceptors (Lipinski definition) is 5. The summed E-state index contributed by atoms with van der Waals surface area (Å²) in [5, 5.41) is 3.46. The average molecular weight is 362 g/mol. The Hall–Kier alpha value is -3.54. The molecule has 0 spiro atoms. The Bertz CT molecular complexity index is 1060. The van der Waals surface area contributed by atoms with Crippen LogP contribution in [0.1, 0.15) is 22.8 Å². The summed E-state index contributed by atoms with van der Waals surface area (Å²) in [6.45, 7) is 1.95. The molecule has 0 radical (unpaired) electrons. The van der Waals surface area contributed by atoms with Crippen LogP contribution in [0.15, 0.2) is 65.6 Å². The molecule has 3 rings (SSSR count). The monoisotopic (exact) mass is 362 g/mol. The first-order valence-corrected chi connectivity index (χ1v) is 8.52. The summed E-state index contributed by atoms with van der Waals surface area (Å²) in [5.74, 6) is -0.918. The number of fused-ring (bicyclic) bond motifs is 1. The molecule has 6 heteroatoms. The molecule has 136 valence electrons. The van der Waals surface area contributed by atoms with Crippen LogP contribution in [-0.2, 0) is 16.0 Å². The fraction of sp³-hybridized carbons (Fsp3) is 0.143. The minimum Gasteiger partial charge on any atom is -0.462 e. The summed E-state index contributed by atoms with van der Waals surface area (Å²) in [7, 11) is 0. The third-order valence-corrected chi connectivity index (χ3v) is 3.95. The lowest BCUT2D eigenvalue weighted by Gasteiger charge is -2.10. The number of nitrogens with one attached hydrogen (secondary N) is 1. The number of rotatable bonds is 5. The average Bonchev–Trinajstić information content (AvgIpc) is 2.81. The van der Waals surface area contributed by atoms with Crippen LogP contribution >= 0.6 is 0 Å². The van der Waals surface area contributed by atoms with Crippen molar-refractivity contribution in [1.82, 2.24) is 4.98 Å². The number of para-hydroxylation sites is 2. The largest absolute Gasteiger partial charge is 0.462 e. The van der Waals surface area contributed by atoms with Crippen LogP contribution in [-0.4, -0.2) is 23.5 Å². The van der Waals surface area contributed by atoms with E-state index in [0.29, 0.717) is 16.8 Å². The summed E-state index contributed by atoms with van der Waals surface area (Å²) in [6.07, 6.45) is 1.09. The highest BCUT2D eigenvalue weighted by Crippen LogP contribution is 2.17. The van der Waals surface area contributed by atoms with E-state index < -0.39 is 11.9 Å². The van der Waals surface area contributed by atoms with Crippen LogP contribution in [0.3, 0.4) is 0 Å². The maximum absolute atomic E-state index is 12.5. The molecular weight excluding hydrogens is 344 g/mol. The zero-order chi connectivity index (χ0) is 19.2. The Kier molecular flexibility index (Phi) is 5.56. The maximum atomic E-state index is 12.5. The molecule has 3 aromatic rings.